The molecule has 0 amide bonds. The van der Waals surface area contributed by atoms with Crippen molar-refractivity contribution in [3.8, 4) is 11.5 Å². The van der Waals surface area contributed by atoms with Gasteiger partial charge in [-0.2, -0.15) is 0 Å². The third-order valence-electron chi connectivity index (χ3n) is 2.08. The summed E-state index contributed by atoms with van der Waals surface area (Å²) in [4.78, 5) is 0. The first kappa shape index (κ1) is 10.9. The molecule has 0 spiro atoms. The number of aryl methyl sites for hydroxylation is 1. The van der Waals surface area contributed by atoms with Crippen LogP contribution in [0.1, 0.15) is 18.1 Å². The van der Waals surface area contributed by atoms with Crippen LogP contribution >= 0.6 is 0 Å². The Morgan fingerprint density at radius 3 is 2.57 bits per heavy atom. The zero-order valence-corrected chi connectivity index (χ0v) is 8.87. The standard InChI is InChI=1S/C11H17NO2/c1-7-4-9(5-8(2)12)6-10(13)11(7)14-3/h4,6,8,13H,5,12H2,1-3H3. The van der Waals surface area contributed by atoms with Crippen LogP contribution in [0.4, 0.5) is 0 Å². The van der Waals surface area contributed by atoms with Crippen LogP contribution in [-0.2, 0) is 6.42 Å². The molecule has 0 aliphatic carbocycles. The summed E-state index contributed by atoms with van der Waals surface area (Å²) < 4.78 is 5.05. The molecule has 0 fully saturated rings. The van der Waals surface area contributed by atoms with E-state index in [-0.39, 0.29) is 11.8 Å². The van der Waals surface area contributed by atoms with Crippen LogP contribution in [0.25, 0.3) is 0 Å². The number of hydrogen-bond donors (Lipinski definition) is 2. The quantitative estimate of drug-likeness (QED) is 0.770. The molecule has 1 aromatic carbocycles. The van der Waals surface area contributed by atoms with E-state index >= 15 is 0 Å². The molecule has 1 unspecified atom stereocenters. The number of benzene rings is 1. The average Bonchev–Trinajstić information content (AvgIpc) is 2.01. The number of aromatic hydroxyl groups is 1. The average molecular weight is 195 g/mol. The van der Waals surface area contributed by atoms with Gasteiger partial charge in [-0.1, -0.05) is 6.07 Å². The Morgan fingerprint density at radius 1 is 1.50 bits per heavy atom. The van der Waals surface area contributed by atoms with Crippen molar-refractivity contribution in [1.82, 2.24) is 0 Å². The van der Waals surface area contributed by atoms with Crippen molar-refractivity contribution >= 4 is 0 Å². The van der Waals surface area contributed by atoms with Gasteiger partial charge in [-0.05, 0) is 37.5 Å². The number of rotatable bonds is 3. The Kier molecular flexibility index (Phi) is 3.36. The van der Waals surface area contributed by atoms with Gasteiger partial charge in [0, 0.05) is 6.04 Å². The predicted molar refractivity (Wildman–Crippen MR) is 56.7 cm³/mol. The van der Waals surface area contributed by atoms with Gasteiger partial charge in [0.2, 0.25) is 0 Å². The van der Waals surface area contributed by atoms with E-state index in [1.165, 1.54) is 0 Å². The molecule has 0 heterocycles. The van der Waals surface area contributed by atoms with E-state index in [9.17, 15) is 5.11 Å². The molecule has 3 N–H and O–H groups in total. The van der Waals surface area contributed by atoms with Gasteiger partial charge in [-0.3, -0.25) is 0 Å². The largest absolute Gasteiger partial charge is 0.504 e. The molecule has 0 aromatic heterocycles. The van der Waals surface area contributed by atoms with Crippen molar-refractivity contribution in [2.24, 2.45) is 5.73 Å². The van der Waals surface area contributed by atoms with E-state index < -0.39 is 0 Å². The lowest BCUT2D eigenvalue weighted by Crippen LogP contribution is -2.17. The van der Waals surface area contributed by atoms with E-state index in [4.69, 9.17) is 10.5 Å². The normalized spacial score (nSPS) is 12.6. The van der Waals surface area contributed by atoms with Gasteiger partial charge in [-0.15, -0.1) is 0 Å². The maximum Gasteiger partial charge on any atom is 0.163 e. The zero-order chi connectivity index (χ0) is 10.7. The van der Waals surface area contributed by atoms with Crippen molar-refractivity contribution in [1.29, 1.82) is 0 Å². The molecule has 3 heteroatoms. The number of methoxy groups -OCH3 is 1. The molecule has 0 bridgehead atoms. The van der Waals surface area contributed by atoms with Crippen LogP contribution in [0.15, 0.2) is 12.1 Å². The van der Waals surface area contributed by atoms with E-state index in [0.29, 0.717) is 5.75 Å². The van der Waals surface area contributed by atoms with Crippen molar-refractivity contribution in [3.63, 3.8) is 0 Å². The molecule has 0 saturated carbocycles. The molecule has 14 heavy (non-hydrogen) atoms. The summed E-state index contributed by atoms with van der Waals surface area (Å²) >= 11 is 0. The van der Waals surface area contributed by atoms with Crippen LogP contribution in [0.3, 0.4) is 0 Å². The van der Waals surface area contributed by atoms with Crippen molar-refractivity contribution < 1.29 is 9.84 Å². The lowest BCUT2D eigenvalue weighted by Gasteiger charge is -2.11. The first-order valence-corrected chi connectivity index (χ1v) is 4.66. The lowest BCUT2D eigenvalue weighted by atomic mass is 10.0. The highest BCUT2D eigenvalue weighted by Gasteiger charge is 2.08. The number of phenols is 1. The van der Waals surface area contributed by atoms with Crippen molar-refractivity contribution in [3.05, 3.63) is 23.3 Å². The minimum absolute atomic E-state index is 0.0993. The fourth-order valence-corrected chi connectivity index (χ4v) is 1.58. The van der Waals surface area contributed by atoms with Crippen LogP contribution in [0.2, 0.25) is 0 Å². The number of phenolic OH excluding ortho intramolecular Hbond substituents is 1. The van der Waals surface area contributed by atoms with E-state index in [1.807, 2.05) is 19.9 Å². The number of nitrogens with two attached hydrogens (primary N) is 1. The maximum absolute atomic E-state index is 9.62. The summed E-state index contributed by atoms with van der Waals surface area (Å²) in [5, 5.41) is 9.62. The monoisotopic (exact) mass is 195 g/mol. The highest BCUT2D eigenvalue weighted by molar-refractivity contribution is 5.48. The predicted octanol–water partition coefficient (Wildman–Crippen LogP) is 1.60. The Labute approximate surface area is 84.5 Å². The van der Waals surface area contributed by atoms with Crippen molar-refractivity contribution in [2.75, 3.05) is 7.11 Å². The van der Waals surface area contributed by atoms with E-state index in [1.54, 1.807) is 13.2 Å². The molecule has 0 aliphatic rings. The van der Waals surface area contributed by atoms with Gasteiger partial charge in [0.1, 0.15) is 0 Å². The van der Waals surface area contributed by atoms with Crippen LogP contribution in [0, 0.1) is 6.92 Å². The fraction of sp³-hybridized carbons (Fsp3) is 0.455. The van der Waals surface area contributed by atoms with Gasteiger partial charge < -0.3 is 15.6 Å². The Hall–Kier alpha value is -1.22. The second kappa shape index (κ2) is 4.33. The third kappa shape index (κ3) is 2.39. The Bertz CT molecular complexity index is 298. The van der Waals surface area contributed by atoms with Crippen molar-refractivity contribution in [2.45, 2.75) is 26.3 Å². The number of ether oxygens (including phenoxy) is 1. The molecule has 1 atom stereocenters. The fourth-order valence-electron chi connectivity index (χ4n) is 1.58. The molecular weight excluding hydrogens is 178 g/mol. The molecule has 1 rings (SSSR count). The first-order chi connectivity index (χ1) is 6.54. The summed E-state index contributed by atoms with van der Waals surface area (Å²) in [6.07, 6.45) is 0.762. The van der Waals surface area contributed by atoms with Gasteiger partial charge >= 0.3 is 0 Å². The van der Waals surface area contributed by atoms with E-state index in [0.717, 1.165) is 17.5 Å². The molecule has 0 aliphatic heterocycles. The maximum atomic E-state index is 9.62. The van der Waals surface area contributed by atoms with Gasteiger partial charge in [0.05, 0.1) is 7.11 Å². The molecule has 3 nitrogen and oxygen atoms in total. The third-order valence-corrected chi connectivity index (χ3v) is 2.08. The smallest absolute Gasteiger partial charge is 0.163 e. The van der Waals surface area contributed by atoms with Crippen LogP contribution in [0.5, 0.6) is 11.5 Å². The topological polar surface area (TPSA) is 55.5 Å². The molecular formula is C11H17NO2. The summed E-state index contributed by atoms with van der Waals surface area (Å²) in [6.45, 7) is 3.85. The zero-order valence-electron chi connectivity index (χ0n) is 8.87. The first-order valence-electron chi connectivity index (χ1n) is 4.66. The second-order valence-corrected chi connectivity index (χ2v) is 3.65. The second-order valence-electron chi connectivity index (χ2n) is 3.65. The van der Waals surface area contributed by atoms with Gasteiger partial charge in [-0.25, -0.2) is 0 Å². The summed E-state index contributed by atoms with van der Waals surface area (Å²) in [5.41, 5.74) is 7.65. The minimum atomic E-state index is 0.0993. The summed E-state index contributed by atoms with van der Waals surface area (Å²) in [6, 6.07) is 3.79. The van der Waals surface area contributed by atoms with Gasteiger partial charge in [0.25, 0.3) is 0 Å². The summed E-state index contributed by atoms with van der Waals surface area (Å²) in [5.74, 6) is 0.724. The molecule has 78 valence electrons. The minimum Gasteiger partial charge on any atom is -0.504 e. The number of hydrogen-bond acceptors (Lipinski definition) is 3. The SMILES string of the molecule is COc1c(C)cc(CC(C)N)cc1O. The Morgan fingerprint density at radius 2 is 2.14 bits per heavy atom. The highest BCUT2D eigenvalue weighted by Crippen LogP contribution is 2.31. The van der Waals surface area contributed by atoms with Gasteiger partial charge in [0.15, 0.2) is 11.5 Å². The lowest BCUT2D eigenvalue weighted by molar-refractivity contribution is 0.370. The molecule has 1 aromatic rings. The Balaban J connectivity index is 3.01. The molecule has 0 saturated heterocycles. The summed E-state index contributed by atoms with van der Waals surface area (Å²) in [7, 11) is 1.55. The van der Waals surface area contributed by atoms with E-state index in [2.05, 4.69) is 0 Å². The molecule has 0 radical (unpaired) electrons. The highest BCUT2D eigenvalue weighted by atomic mass is 16.5. The van der Waals surface area contributed by atoms with Crippen LogP contribution in [-0.4, -0.2) is 18.3 Å². The van der Waals surface area contributed by atoms with Crippen LogP contribution < -0.4 is 10.5 Å².